The van der Waals surface area contributed by atoms with Crippen LogP contribution in [0.5, 0.6) is 5.75 Å². The molecule has 9 heteroatoms. The summed E-state index contributed by atoms with van der Waals surface area (Å²) in [5, 5.41) is 12.0. The summed E-state index contributed by atoms with van der Waals surface area (Å²) < 4.78 is 16.5. The van der Waals surface area contributed by atoms with Gasteiger partial charge in [-0.1, -0.05) is 0 Å². The van der Waals surface area contributed by atoms with Crippen molar-refractivity contribution in [1.82, 2.24) is 4.98 Å². The van der Waals surface area contributed by atoms with Crippen LogP contribution in [0.25, 0.3) is 0 Å². The number of ketones is 1. The summed E-state index contributed by atoms with van der Waals surface area (Å²) in [6.07, 6.45) is 4.87. The molecule has 0 amide bonds. The summed E-state index contributed by atoms with van der Waals surface area (Å²) >= 11 is 0. The lowest BCUT2D eigenvalue weighted by molar-refractivity contribution is -0.140. The number of ether oxygens (including phenoxy) is 3. The van der Waals surface area contributed by atoms with Gasteiger partial charge in [-0.2, -0.15) is 0 Å². The highest BCUT2D eigenvalue weighted by Crippen LogP contribution is 2.32. The van der Waals surface area contributed by atoms with Gasteiger partial charge in [0.25, 0.3) is 0 Å². The Kier molecular flexibility index (Phi) is 6.79. The lowest BCUT2D eigenvalue weighted by Gasteiger charge is -2.15. The van der Waals surface area contributed by atoms with Gasteiger partial charge in [0.05, 0.1) is 13.2 Å². The highest BCUT2D eigenvalue weighted by molar-refractivity contribution is 6.21. The Morgan fingerprint density at radius 2 is 2.24 bits per heavy atom. The number of carbonyl (C=O) groups excluding carboxylic acids is 2. The summed E-state index contributed by atoms with van der Waals surface area (Å²) in [5.74, 6) is 0.364. The summed E-state index contributed by atoms with van der Waals surface area (Å²) in [4.78, 5) is 33.3. The fourth-order valence-electron chi connectivity index (χ4n) is 3.92. The molecule has 2 aliphatic rings. The number of hydrogen-bond donors (Lipinski definition) is 3. The van der Waals surface area contributed by atoms with Crippen molar-refractivity contribution in [3.8, 4) is 5.75 Å². The number of aliphatic imine (C=N–C) groups is 1. The molecule has 0 fully saturated rings. The van der Waals surface area contributed by atoms with Crippen LogP contribution in [0.1, 0.15) is 30.0 Å². The van der Waals surface area contributed by atoms with E-state index in [2.05, 4.69) is 15.3 Å². The highest BCUT2D eigenvalue weighted by Gasteiger charge is 2.41. The monoisotopic (exact) mass is 453 g/mol. The Morgan fingerprint density at radius 3 is 3.00 bits per heavy atom. The first-order valence-electron chi connectivity index (χ1n) is 11.0. The number of Topliss-reactive ketones (excluding diaryl/α,β-unsaturated/α-hetero) is 1. The lowest BCUT2D eigenvalue weighted by Crippen LogP contribution is -2.24. The van der Waals surface area contributed by atoms with Crippen LogP contribution < -0.4 is 10.1 Å². The molecule has 3 heterocycles. The highest BCUT2D eigenvalue weighted by atomic mass is 16.5. The van der Waals surface area contributed by atoms with Crippen LogP contribution >= 0.6 is 0 Å². The first-order valence-corrected chi connectivity index (χ1v) is 11.0. The topological polar surface area (TPSA) is 122 Å². The molecule has 174 valence electrons. The number of benzene rings is 1. The number of fused-ring (bicyclic) bond motifs is 1. The average Bonchev–Trinajstić information content (AvgIpc) is 3.35. The predicted molar refractivity (Wildman–Crippen MR) is 122 cm³/mol. The minimum atomic E-state index is -0.842. The van der Waals surface area contributed by atoms with E-state index < -0.39 is 17.9 Å². The molecule has 0 saturated heterocycles. The van der Waals surface area contributed by atoms with E-state index in [0.717, 1.165) is 35.3 Å². The zero-order chi connectivity index (χ0) is 23.4. The number of nitrogens with one attached hydrogen (secondary N) is 2. The second kappa shape index (κ2) is 9.91. The summed E-state index contributed by atoms with van der Waals surface area (Å²) in [7, 11) is 0. The van der Waals surface area contributed by atoms with Gasteiger partial charge in [0.2, 0.25) is 11.7 Å². The summed E-state index contributed by atoms with van der Waals surface area (Å²) in [5.41, 5.74) is 3.38. The third kappa shape index (κ3) is 4.78. The number of nitrogens with zero attached hydrogens (tertiary/aromatic N) is 1. The maximum Gasteiger partial charge on any atom is 0.347 e. The average molecular weight is 453 g/mol. The number of carbonyl (C=O) groups is 2. The van der Waals surface area contributed by atoms with Crippen LogP contribution in [0.3, 0.4) is 0 Å². The molecule has 1 aromatic carbocycles. The van der Waals surface area contributed by atoms with Gasteiger partial charge in [-0.05, 0) is 61.6 Å². The molecule has 1 atom stereocenters. The van der Waals surface area contributed by atoms with Crippen LogP contribution in [0.4, 0.5) is 11.5 Å². The van der Waals surface area contributed by atoms with Crippen LogP contribution in [0, 0.1) is 6.92 Å². The summed E-state index contributed by atoms with van der Waals surface area (Å²) in [6.45, 7) is 3.80. The van der Waals surface area contributed by atoms with Gasteiger partial charge in [-0.15, -0.1) is 0 Å². The van der Waals surface area contributed by atoms with E-state index in [1.807, 2.05) is 19.3 Å². The first-order chi connectivity index (χ1) is 16.0. The molecule has 9 nitrogen and oxygen atoms in total. The minimum Gasteiger partial charge on any atom is -0.491 e. The number of esters is 1. The number of hydrogen-bond acceptors (Lipinski definition) is 8. The number of aromatic amines is 1. The van der Waals surface area contributed by atoms with Crippen molar-refractivity contribution in [2.75, 3.05) is 25.1 Å². The third-order valence-electron chi connectivity index (χ3n) is 5.52. The second-order valence-corrected chi connectivity index (χ2v) is 7.76. The molecule has 1 unspecified atom stereocenters. The van der Waals surface area contributed by atoms with Gasteiger partial charge < -0.3 is 29.6 Å². The van der Waals surface area contributed by atoms with Crippen molar-refractivity contribution in [3.63, 3.8) is 0 Å². The molecule has 0 aliphatic carbocycles. The maximum atomic E-state index is 13.2. The Balaban J connectivity index is 1.56. The van der Waals surface area contributed by atoms with Gasteiger partial charge in [0.15, 0.2) is 11.7 Å². The molecule has 0 saturated carbocycles. The maximum absolute atomic E-state index is 13.2. The quantitative estimate of drug-likeness (QED) is 0.394. The Labute approximate surface area is 191 Å². The zero-order valence-electron chi connectivity index (χ0n) is 18.6. The lowest BCUT2D eigenvalue weighted by atomic mass is 9.98. The van der Waals surface area contributed by atoms with E-state index in [9.17, 15) is 9.59 Å². The SMILES string of the molecule is CCOC(=O)C1=C(Nc2ccc(OCCO)cc2C)OC(Cc2c[nH]c3c2CCC=N3)C1=O. The molecule has 2 aromatic rings. The zero-order valence-corrected chi connectivity index (χ0v) is 18.6. The molecule has 0 spiro atoms. The predicted octanol–water partition coefficient (Wildman–Crippen LogP) is 2.74. The molecular weight excluding hydrogens is 426 g/mol. The standard InChI is InChI=1S/C24H27N3O6/c1-3-31-24(30)20-21(29)19(12-15-13-26-22-17(15)5-4-8-25-22)33-23(20)27-18-7-6-16(11-14(18)2)32-10-9-28/h6-8,11,13,19,26-28H,3-5,9-10,12H2,1-2H3. The number of aliphatic hydroxyl groups excluding tert-OH is 1. The molecule has 1 aromatic heterocycles. The Hall–Kier alpha value is -3.59. The van der Waals surface area contributed by atoms with Gasteiger partial charge in [0.1, 0.15) is 18.2 Å². The van der Waals surface area contributed by atoms with E-state index in [0.29, 0.717) is 17.9 Å². The van der Waals surface area contributed by atoms with Crippen LogP contribution in [-0.4, -0.2) is 54.0 Å². The number of aromatic nitrogens is 1. The van der Waals surface area contributed by atoms with E-state index in [4.69, 9.17) is 19.3 Å². The van der Waals surface area contributed by atoms with Crippen molar-refractivity contribution in [3.05, 3.63) is 52.5 Å². The number of rotatable bonds is 9. The van der Waals surface area contributed by atoms with Crippen LogP contribution in [0.2, 0.25) is 0 Å². The van der Waals surface area contributed by atoms with E-state index in [1.54, 1.807) is 25.1 Å². The van der Waals surface area contributed by atoms with Gasteiger partial charge >= 0.3 is 5.97 Å². The molecule has 4 rings (SSSR count). The van der Waals surface area contributed by atoms with E-state index >= 15 is 0 Å². The van der Waals surface area contributed by atoms with Gasteiger partial charge in [-0.25, -0.2) is 9.79 Å². The molecular formula is C24H27N3O6. The van der Waals surface area contributed by atoms with Crippen LogP contribution in [0.15, 0.2) is 40.8 Å². The van der Waals surface area contributed by atoms with Crippen LogP contribution in [-0.2, 0) is 31.9 Å². The van der Waals surface area contributed by atoms with Gasteiger partial charge in [-0.3, -0.25) is 4.79 Å². The van der Waals surface area contributed by atoms with Crippen molar-refractivity contribution >= 4 is 29.5 Å². The van der Waals surface area contributed by atoms with E-state index in [-0.39, 0.29) is 31.3 Å². The Bertz CT molecular complexity index is 1120. The third-order valence-corrected chi connectivity index (χ3v) is 5.52. The fourth-order valence-corrected chi connectivity index (χ4v) is 3.92. The molecule has 33 heavy (non-hydrogen) atoms. The molecule has 0 bridgehead atoms. The normalized spacial score (nSPS) is 17.1. The number of anilines is 1. The largest absolute Gasteiger partial charge is 0.491 e. The number of aryl methyl sites for hydroxylation is 1. The molecule has 3 N–H and O–H groups in total. The number of aliphatic hydroxyl groups is 1. The van der Waals surface area contributed by atoms with Crippen molar-refractivity contribution in [1.29, 1.82) is 0 Å². The number of H-pyrrole nitrogens is 1. The first kappa shape index (κ1) is 22.6. The Morgan fingerprint density at radius 1 is 1.39 bits per heavy atom. The van der Waals surface area contributed by atoms with E-state index in [1.165, 1.54) is 0 Å². The van der Waals surface area contributed by atoms with Gasteiger partial charge in [0, 0.05) is 24.5 Å². The van der Waals surface area contributed by atoms with Crippen molar-refractivity contribution in [2.45, 2.75) is 39.2 Å². The second-order valence-electron chi connectivity index (χ2n) is 7.76. The van der Waals surface area contributed by atoms with Crippen molar-refractivity contribution < 1.29 is 28.9 Å². The van der Waals surface area contributed by atoms with Crippen molar-refractivity contribution in [2.24, 2.45) is 4.99 Å². The summed E-state index contributed by atoms with van der Waals surface area (Å²) in [6, 6.07) is 5.29. The smallest absolute Gasteiger partial charge is 0.347 e. The molecule has 2 aliphatic heterocycles. The minimum absolute atomic E-state index is 0.0805. The molecule has 0 radical (unpaired) electrons. The fraction of sp³-hybridized carbons (Fsp3) is 0.375.